The number of nitrogens with zero attached hydrogens (tertiary/aromatic N) is 2. The maximum Gasteiger partial charge on any atom is 0.271 e. The van der Waals surface area contributed by atoms with Crippen molar-refractivity contribution in [2.24, 2.45) is 0 Å². The van der Waals surface area contributed by atoms with Gasteiger partial charge in [-0.2, -0.15) is 0 Å². The number of ether oxygens (including phenoxy) is 1. The van der Waals surface area contributed by atoms with Crippen LogP contribution in [-0.4, -0.2) is 36.4 Å². The third-order valence-electron chi connectivity index (χ3n) is 2.94. The Morgan fingerprint density at radius 1 is 1.27 bits per heavy atom. The van der Waals surface area contributed by atoms with E-state index in [2.05, 4.69) is 36.8 Å². The molecule has 7 heteroatoms. The van der Waals surface area contributed by atoms with Crippen LogP contribution in [0.3, 0.4) is 0 Å². The van der Waals surface area contributed by atoms with Gasteiger partial charge in [-0.15, -0.1) is 10.2 Å². The zero-order valence-electron chi connectivity index (χ0n) is 12.4. The minimum Gasteiger partial charge on any atom is -0.383 e. The lowest BCUT2D eigenvalue weighted by Crippen LogP contribution is -2.27. The number of nitrogens with one attached hydrogen (secondary N) is 2. The molecule has 116 valence electrons. The molecule has 0 saturated carbocycles. The van der Waals surface area contributed by atoms with Gasteiger partial charge in [0.15, 0.2) is 11.5 Å². The molecule has 0 fully saturated rings. The molecular weight excluding hydrogens is 348 g/mol. The van der Waals surface area contributed by atoms with Gasteiger partial charge in [0, 0.05) is 23.8 Å². The maximum atomic E-state index is 11.8. The van der Waals surface area contributed by atoms with Gasteiger partial charge in [0.25, 0.3) is 5.91 Å². The van der Waals surface area contributed by atoms with Crippen LogP contribution in [0.4, 0.5) is 11.5 Å². The summed E-state index contributed by atoms with van der Waals surface area (Å²) in [6, 6.07) is 9.26. The van der Waals surface area contributed by atoms with Gasteiger partial charge in [-0.25, -0.2) is 0 Å². The molecule has 2 rings (SSSR count). The quantitative estimate of drug-likeness (QED) is 0.770. The number of rotatable bonds is 6. The predicted octanol–water partition coefficient (Wildman–Crippen LogP) is 2.67. The molecule has 0 unspecified atom stereocenters. The second-order valence-corrected chi connectivity index (χ2v) is 5.55. The van der Waals surface area contributed by atoms with Crippen LogP contribution in [0.5, 0.6) is 0 Å². The van der Waals surface area contributed by atoms with Crippen molar-refractivity contribution >= 4 is 33.3 Å². The monoisotopic (exact) mass is 364 g/mol. The van der Waals surface area contributed by atoms with Gasteiger partial charge in [-0.05, 0) is 42.8 Å². The van der Waals surface area contributed by atoms with Crippen LogP contribution in [0.25, 0.3) is 0 Å². The molecule has 2 aromatic rings. The summed E-state index contributed by atoms with van der Waals surface area (Å²) in [5.74, 6) is 0.315. The van der Waals surface area contributed by atoms with Gasteiger partial charge in [-0.3, -0.25) is 4.79 Å². The molecule has 0 aliphatic heterocycles. The molecule has 0 radical (unpaired) electrons. The van der Waals surface area contributed by atoms with Crippen LogP contribution in [0.1, 0.15) is 16.1 Å². The molecule has 0 aliphatic carbocycles. The normalized spacial score (nSPS) is 10.3. The van der Waals surface area contributed by atoms with Gasteiger partial charge in [-0.1, -0.05) is 15.9 Å². The van der Waals surface area contributed by atoms with Crippen molar-refractivity contribution in [3.63, 3.8) is 0 Å². The third-order valence-corrected chi connectivity index (χ3v) is 3.43. The maximum absolute atomic E-state index is 11.8. The third kappa shape index (κ3) is 4.51. The van der Waals surface area contributed by atoms with Crippen molar-refractivity contribution in [3.8, 4) is 0 Å². The molecule has 0 bridgehead atoms. The summed E-state index contributed by atoms with van der Waals surface area (Å²) in [5.41, 5.74) is 2.29. The molecular formula is C15H17BrN4O2. The highest BCUT2D eigenvalue weighted by Crippen LogP contribution is 2.22. The highest BCUT2D eigenvalue weighted by molar-refractivity contribution is 9.10. The molecule has 0 saturated heterocycles. The number of hydrogen-bond donors (Lipinski definition) is 2. The number of aromatic nitrogens is 2. The molecule has 22 heavy (non-hydrogen) atoms. The Labute approximate surface area is 137 Å². The van der Waals surface area contributed by atoms with Crippen LogP contribution in [-0.2, 0) is 4.74 Å². The van der Waals surface area contributed by atoms with E-state index in [1.807, 2.05) is 25.1 Å². The SMILES string of the molecule is COCCNC(=O)c1ccc(Nc2ccc(Br)cc2C)nn1. The van der Waals surface area contributed by atoms with Crippen molar-refractivity contribution in [2.75, 3.05) is 25.6 Å². The van der Waals surface area contributed by atoms with E-state index in [0.717, 1.165) is 15.7 Å². The van der Waals surface area contributed by atoms with Crippen LogP contribution < -0.4 is 10.6 Å². The first-order valence-electron chi connectivity index (χ1n) is 6.74. The number of aryl methyl sites for hydroxylation is 1. The molecule has 1 amide bonds. The molecule has 1 aromatic heterocycles. The second kappa shape index (κ2) is 7.86. The number of hydrogen-bond acceptors (Lipinski definition) is 5. The topological polar surface area (TPSA) is 76.1 Å². The number of halogens is 1. The second-order valence-electron chi connectivity index (χ2n) is 4.64. The van der Waals surface area contributed by atoms with E-state index in [4.69, 9.17) is 4.74 Å². The molecule has 0 spiro atoms. The van der Waals surface area contributed by atoms with Gasteiger partial charge in [0.05, 0.1) is 6.61 Å². The van der Waals surface area contributed by atoms with Crippen molar-refractivity contribution in [1.29, 1.82) is 0 Å². The first-order chi connectivity index (χ1) is 10.6. The van der Waals surface area contributed by atoms with E-state index in [-0.39, 0.29) is 11.6 Å². The standard InChI is InChI=1S/C15H17BrN4O2/c1-10-9-11(16)3-4-12(10)18-14-6-5-13(19-20-14)15(21)17-7-8-22-2/h3-6,9H,7-8H2,1-2H3,(H,17,21)(H,18,20). The number of carbonyl (C=O) groups is 1. The number of carbonyl (C=O) groups excluding carboxylic acids is 1. The number of benzene rings is 1. The van der Waals surface area contributed by atoms with Gasteiger partial charge in [0.2, 0.25) is 0 Å². The summed E-state index contributed by atoms with van der Waals surface area (Å²) >= 11 is 3.42. The van der Waals surface area contributed by atoms with Crippen LogP contribution in [0.2, 0.25) is 0 Å². The molecule has 1 heterocycles. The summed E-state index contributed by atoms with van der Waals surface area (Å²) in [6.45, 7) is 2.90. The Morgan fingerprint density at radius 3 is 2.73 bits per heavy atom. The Morgan fingerprint density at radius 2 is 2.09 bits per heavy atom. The van der Waals surface area contributed by atoms with E-state index in [0.29, 0.717) is 19.0 Å². The predicted molar refractivity (Wildman–Crippen MR) is 88.4 cm³/mol. The van der Waals surface area contributed by atoms with Gasteiger partial charge < -0.3 is 15.4 Å². The Kier molecular flexibility index (Phi) is 5.85. The summed E-state index contributed by atoms with van der Waals surface area (Å²) in [4.78, 5) is 11.8. The van der Waals surface area contributed by atoms with Crippen molar-refractivity contribution in [3.05, 3.63) is 46.1 Å². The highest BCUT2D eigenvalue weighted by atomic mass is 79.9. The largest absolute Gasteiger partial charge is 0.383 e. The first kappa shape index (κ1) is 16.4. The number of methoxy groups -OCH3 is 1. The number of amides is 1. The Balaban J connectivity index is 2.01. The minimum absolute atomic E-state index is 0.268. The summed E-state index contributed by atoms with van der Waals surface area (Å²) in [7, 11) is 1.58. The fraction of sp³-hybridized carbons (Fsp3) is 0.267. The first-order valence-corrected chi connectivity index (χ1v) is 7.53. The number of anilines is 2. The Hall–Kier alpha value is -1.99. The molecule has 0 atom stereocenters. The van der Waals surface area contributed by atoms with Gasteiger partial charge >= 0.3 is 0 Å². The van der Waals surface area contributed by atoms with E-state index >= 15 is 0 Å². The van der Waals surface area contributed by atoms with E-state index < -0.39 is 0 Å². The molecule has 1 aromatic carbocycles. The van der Waals surface area contributed by atoms with E-state index in [1.165, 1.54) is 0 Å². The molecule has 0 aliphatic rings. The smallest absolute Gasteiger partial charge is 0.271 e. The van der Waals surface area contributed by atoms with Crippen LogP contribution in [0.15, 0.2) is 34.8 Å². The average molecular weight is 365 g/mol. The molecule has 6 nitrogen and oxygen atoms in total. The van der Waals surface area contributed by atoms with Crippen molar-refractivity contribution in [1.82, 2.24) is 15.5 Å². The van der Waals surface area contributed by atoms with E-state index in [1.54, 1.807) is 19.2 Å². The fourth-order valence-electron chi connectivity index (χ4n) is 1.78. The zero-order chi connectivity index (χ0) is 15.9. The Bertz CT molecular complexity index is 646. The fourth-order valence-corrected chi connectivity index (χ4v) is 2.26. The van der Waals surface area contributed by atoms with E-state index in [9.17, 15) is 4.79 Å². The van der Waals surface area contributed by atoms with Crippen molar-refractivity contribution in [2.45, 2.75) is 6.92 Å². The van der Waals surface area contributed by atoms with Crippen LogP contribution in [0, 0.1) is 6.92 Å². The summed E-state index contributed by atoms with van der Waals surface area (Å²) in [5, 5.41) is 13.8. The van der Waals surface area contributed by atoms with Crippen LogP contribution >= 0.6 is 15.9 Å². The zero-order valence-corrected chi connectivity index (χ0v) is 14.0. The lowest BCUT2D eigenvalue weighted by molar-refractivity contribution is 0.0931. The minimum atomic E-state index is -0.268. The van der Waals surface area contributed by atoms with Gasteiger partial charge in [0.1, 0.15) is 0 Å². The molecule has 2 N–H and O–H groups in total. The lowest BCUT2D eigenvalue weighted by Gasteiger charge is -2.09. The average Bonchev–Trinajstić information content (AvgIpc) is 2.51. The van der Waals surface area contributed by atoms with Crippen molar-refractivity contribution < 1.29 is 9.53 Å². The lowest BCUT2D eigenvalue weighted by atomic mass is 10.2. The summed E-state index contributed by atoms with van der Waals surface area (Å²) < 4.78 is 5.89. The summed E-state index contributed by atoms with van der Waals surface area (Å²) in [6.07, 6.45) is 0. The highest BCUT2D eigenvalue weighted by Gasteiger charge is 2.08.